The number of benzene rings is 1. The zero-order chi connectivity index (χ0) is 106. The van der Waals surface area contributed by atoms with Gasteiger partial charge in [-0.3, -0.25) is 28.8 Å². The number of esters is 8. The van der Waals surface area contributed by atoms with E-state index in [0.29, 0.717) is 127 Å². The van der Waals surface area contributed by atoms with E-state index < -0.39 is 11.9 Å². The van der Waals surface area contributed by atoms with Crippen molar-refractivity contribution >= 4 is 113 Å². The summed E-state index contributed by atoms with van der Waals surface area (Å²) in [6.45, 7) is 20.6. The highest BCUT2D eigenvalue weighted by atomic mass is 33.1. The smallest absolute Gasteiger partial charge is 0.338 e. The van der Waals surface area contributed by atoms with Gasteiger partial charge in [-0.05, 0) is 73.3 Å². The van der Waals surface area contributed by atoms with E-state index in [-0.39, 0.29) is 105 Å². The Morgan fingerprint density at radius 1 is 0.197 bits per heavy atom. The molecule has 0 fully saturated rings. The second-order valence-corrected chi connectivity index (χ2v) is 49.1. The first kappa shape index (κ1) is 142. The fraction of sp³-hybridized carbons (Fsp3) is 0.884. The van der Waals surface area contributed by atoms with E-state index in [1.807, 2.05) is 4.31 Å². The first-order valence-electron chi connectivity index (χ1n) is 61.3. The van der Waals surface area contributed by atoms with Crippen molar-refractivity contribution in [1.82, 2.24) is 14.1 Å². The predicted molar refractivity (Wildman–Crippen MR) is 631 cm³/mol. The quantitative estimate of drug-likeness (QED) is 0.0194. The number of carbonyl (C=O) groups is 8. The maximum absolute atomic E-state index is 14.2. The van der Waals surface area contributed by atoms with E-state index in [4.69, 9.17) is 42.6 Å². The number of ether oxygens (including phenoxy) is 9. The van der Waals surface area contributed by atoms with Gasteiger partial charge in [0.15, 0.2) is 0 Å². The molecule has 1 aromatic carbocycles. The molecule has 20 nitrogen and oxygen atoms in total. The number of rotatable bonds is 119. The Morgan fingerprint density at radius 2 is 0.388 bits per heavy atom. The van der Waals surface area contributed by atoms with Gasteiger partial charge in [-0.15, -0.1) is 0 Å². The van der Waals surface area contributed by atoms with Gasteiger partial charge in [0.2, 0.25) is 0 Å². The largest absolute Gasteiger partial charge is 0.466 e. The van der Waals surface area contributed by atoms with Crippen LogP contribution in [0.2, 0.25) is 0 Å². The lowest BCUT2D eigenvalue weighted by Crippen LogP contribution is -2.31. The fourth-order valence-corrected chi connectivity index (χ4v) is 23.7. The van der Waals surface area contributed by atoms with Gasteiger partial charge in [-0.2, -0.15) is 0 Å². The van der Waals surface area contributed by atoms with Crippen molar-refractivity contribution in [2.45, 2.75) is 549 Å². The summed E-state index contributed by atoms with van der Waals surface area (Å²) in [6.07, 6.45) is 90.2. The zero-order valence-electron chi connectivity index (χ0n) is 95.4. The van der Waals surface area contributed by atoms with Crippen LogP contribution in [0.25, 0.3) is 0 Å². The molecule has 0 bridgehead atoms. The third-order valence-corrected chi connectivity index (χ3v) is 34.5. The Balaban J connectivity index is 3.26. The highest BCUT2D eigenvalue weighted by Gasteiger charge is 2.21. The number of hydrogen-bond acceptors (Lipinski definition) is 26. The van der Waals surface area contributed by atoms with Crippen molar-refractivity contribution in [3.8, 4) is 0 Å². The maximum atomic E-state index is 14.2. The van der Waals surface area contributed by atoms with Crippen LogP contribution in [0, 0.1) is 0 Å². The van der Waals surface area contributed by atoms with Crippen molar-refractivity contribution in [1.29, 1.82) is 0 Å². The van der Waals surface area contributed by atoms with Crippen molar-refractivity contribution in [2.24, 2.45) is 0 Å². The van der Waals surface area contributed by atoms with Crippen LogP contribution in [0.1, 0.15) is 569 Å². The molecule has 0 heterocycles. The molecule has 0 radical (unpaired) electrons. The van der Waals surface area contributed by atoms with E-state index in [1.54, 1.807) is 55.3 Å². The molecule has 26 heteroatoms. The molecule has 0 aliphatic heterocycles. The molecule has 0 saturated heterocycles. The number of unbranched alkanes of at least 4 members (excludes halogenated alkanes) is 66. The fourth-order valence-electron chi connectivity index (χ4n) is 18.0. The van der Waals surface area contributed by atoms with Crippen LogP contribution in [-0.4, -0.2) is 202 Å². The van der Waals surface area contributed by atoms with E-state index in [9.17, 15) is 38.4 Å². The standard InChI is InChI=1S/C121H223N3O17S6/c1-7-13-19-25-31-37-43-49-55-61-67-73-93-134-114(125)79-85-122(86-80-115(126)135-94-74-68-62-56-50-44-38-32-26-20-14-8-2)91-102-142-144-104-99-133-110-111-107-112(120(131)140-100-105-145-143-103-92-123(87-81-116(127)136-95-75-69-63-57-51-45-39-33-27-21-15-9-3)88-82-117(128)137-96-76-70-64-58-52-46-40-34-28-22-16-10-4)109-113(108-111)121(132)141-101-106-146-147-124(89-83-118(129)138-97-77-71-65-59-53-47-41-35-29-23-17-11-5)90-84-119(130)139-98-78-72-66-60-54-48-42-36-30-24-18-12-6/h107-109H,7-106,110H2,1-6H3. The average molecular weight is 2180 g/mol. The predicted octanol–water partition coefficient (Wildman–Crippen LogP) is 35.3. The van der Waals surface area contributed by atoms with Gasteiger partial charge in [0, 0.05) is 81.1 Å². The van der Waals surface area contributed by atoms with Crippen molar-refractivity contribution in [2.75, 3.05) is 141 Å². The van der Waals surface area contributed by atoms with Gasteiger partial charge in [-0.1, -0.05) is 519 Å². The molecular weight excluding hydrogens is 1960 g/mol. The Morgan fingerprint density at radius 3 is 0.612 bits per heavy atom. The molecule has 0 spiro atoms. The molecule has 0 atom stereocenters. The van der Waals surface area contributed by atoms with Crippen LogP contribution in [0.15, 0.2) is 18.2 Å². The van der Waals surface area contributed by atoms with Crippen LogP contribution >= 0.6 is 64.9 Å². The molecule has 1 rings (SSSR count). The second-order valence-electron chi connectivity index (χ2n) is 41.2. The first-order valence-corrected chi connectivity index (χ1v) is 68.5. The van der Waals surface area contributed by atoms with Gasteiger partial charge in [0.1, 0.15) is 13.2 Å². The lowest BCUT2D eigenvalue weighted by Gasteiger charge is -2.21. The Kier molecular flexibility index (Phi) is 111. The Labute approximate surface area is 925 Å². The molecule has 0 aliphatic carbocycles. The summed E-state index contributed by atoms with van der Waals surface area (Å²) in [4.78, 5) is 111. The monoisotopic (exact) mass is 2180 g/mol. The lowest BCUT2D eigenvalue weighted by molar-refractivity contribution is -0.146. The summed E-state index contributed by atoms with van der Waals surface area (Å²) in [7, 11) is 9.45. The van der Waals surface area contributed by atoms with Crippen LogP contribution in [0.3, 0.4) is 0 Å². The first-order chi connectivity index (χ1) is 72.3. The molecular formula is C121H223N3O17S6. The minimum Gasteiger partial charge on any atom is -0.466 e. The number of nitrogens with zero attached hydrogens (tertiary/aromatic N) is 3. The van der Waals surface area contributed by atoms with Gasteiger partial charge in [-0.25, -0.2) is 13.9 Å². The summed E-state index contributed by atoms with van der Waals surface area (Å²) in [5.41, 5.74) is 0.963. The molecule has 147 heavy (non-hydrogen) atoms. The summed E-state index contributed by atoms with van der Waals surface area (Å²) in [5.74, 6) is 0.356. The average Bonchev–Trinajstić information content (AvgIpc) is 0.835. The van der Waals surface area contributed by atoms with Gasteiger partial charge >= 0.3 is 47.8 Å². The summed E-state index contributed by atoms with van der Waals surface area (Å²) >= 11 is 0. The second kappa shape index (κ2) is 115. The SMILES string of the molecule is CCCCCCCCCCCCCCOC(=O)CCN(CCSSCCOCc1cc(C(=O)OCCSSCCN(CCC(=O)OCCCCCCCCCCCCCC)CCC(=O)OCCCCCCCCCCCCCC)cc(C(=O)OCCSSN(CCC(=O)OCCCCCCCCCCCCCC)CCC(=O)OCCCCCCCCCCCCCC)c1)CCC(=O)OCCCCCCCCCCCCCC. The van der Waals surface area contributed by atoms with Crippen LogP contribution < -0.4 is 0 Å². The van der Waals surface area contributed by atoms with Crippen LogP contribution in [0.4, 0.5) is 0 Å². The Hall–Kier alpha value is -3.08. The summed E-state index contributed by atoms with van der Waals surface area (Å²) in [5, 5.41) is 0. The highest BCUT2D eigenvalue weighted by Crippen LogP contribution is 2.30. The molecule has 0 N–H and O–H groups in total. The summed E-state index contributed by atoms with van der Waals surface area (Å²) in [6, 6.07) is 4.90. The van der Waals surface area contributed by atoms with Crippen LogP contribution in [0.5, 0.6) is 0 Å². The minimum atomic E-state index is -0.612. The highest BCUT2D eigenvalue weighted by molar-refractivity contribution is 8.77. The molecule has 0 aliphatic rings. The molecule has 0 saturated carbocycles. The summed E-state index contributed by atoms with van der Waals surface area (Å²) < 4.78 is 54.4. The third-order valence-electron chi connectivity index (χ3n) is 27.4. The van der Waals surface area contributed by atoms with Crippen molar-refractivity contribution in [3.05, 3.63) is 34.9 Å². The lowest BCUT2D eigenvalue weighted by atomic mass is 10.1. The van der Waals surface area contributed by atoms with Crippen molar-refractivity contribution in [3.63, 3.8) is 0 Å². The van der Waals surface area contributed by atoms with E-state index in [2.05, 4.69) is 51.3 Å². The third kappa shape index (κ3) is 103. The molecule has 0 unspecified atom stereocenters. The number of hydrogen-bond donors (Lipinski definition) is 0. The van der Waals surface area contributed by atoms with E-state index in [0.717, 1.165) is 121 Å². The molecule has 0 aromatic heterocycles. The van der Waals surface area contributed by atoms with Gasteiger partial charge in [0.05, 0.1) is 103 Å². The van der Waals surface area contributed by atoms with E-state index in [1.165, 1.54) is 375 Å². The maximum Gasteiger partial charge on any atom is 0.338 e. The van der Waals surface area contributed by atoms with Crippen molar-refractivity contribution < 1.29 is 81.0 Å². The Bertz CT molecular complexity index is 2960. The molecule has 1 aromatic rings. The van der Waals surface area contributed by atoms with Crippen LogP contribution in [-0.2, 0) is 78.0 Å². The number of carbonyl (C=O) groups excluding carboxylic acids is 8. The van der Waals surface area contributed by atoms with Gasteiger partial charge in [0.25, 0.3) is 0 Å². The minimum absolute atomic E-state index is 0.0443. The zero-order valence-corrected chi connectivity index (χ0v) is 100. The normalized spacial score (nSPS) is 11.5. The van der Waals surface area contributed by atoms with Gasteiger partial charge < -0.3 is 52.4 Å². The van der Waals surface area contributed by atoms with E-state index >= 15 is 0 Å². The molecule has 860 valence electrons. The topological polar surface area (TPSA) is 229 Å². The molecule has 0 amide bonds.